The van der Waals surface area contributed by atoms with Gasteiger partial charge in [-0.25, -0.2) is 0 Å². The Morgan fingerprint density at radius 3 is 2.52 bits per heavy atom. The fraction of sp³-hybridized carbons (Fsp3) is 0.611. The number of morpholine rings is 1. The van der Waals surface area contributed by atoms with Crippen LogP contribution in [0.1, 0.15) is 24.8 Å². The van der Waals surface area contributed by atoms with Crippen LogP contribution in [-0.2, 0) is 16.0 Å². The summed E-state index contributed by atoms with van der Waals surface area (Å²) in [6.07, 6.45) is 3.56. The molecule has 5 heteroatoms. The lowest BCUT2D eigenvalue weighted by Gasteiger charge is -2.50. The molecule has 3 rings (SSSR count). The van der Waals surface area contributed by atoms with Crippen LogP contribution in [0, 0.1) is 0 Å². The van der Waals surface area contributed by atoms with E-state index in [0.717, 1.165) is 37.9 Å². The van der Waals surface area contributed by atoms with Gasteiger partial charge < -0.3 is 15.2 Å². The molecule has 0 spiro atoms. The molecule has 2 aliphatic rings. The maximum Gasteiger partial charge on any atom is 0.240 e. The molecule has 1 aromatic rings. The smallest absolute Gasteiger partial charge is 0.240 e. The number of carbonyl (C=O) groups is 1. The van der Waals surface area contributed by atoms with E-state index in [1.165, 1.54) is 0 Å². The predicted octanol–water partition coefficient (Wildman–Crippen LogP) is 0.961. The molecule has 1 atom stereocenters. The van der Waals surface area contributed by atoms with Gasteiger partial charge in [0.1, 0.15) is 5.54 Å². The predicted molar refractivity (Wildman–Crippen MR) is 88.1 cm³/mol. The van der Waals surface area contributed by atoms with E-state index >= 15 is 0 Å². The molecular formula is C18H26N2O3. The molecule has 0 aromatic heterocycles. The second kappa shape index (κ2) is 7.43. The van der Waals surface area contributed by atoms with Gasteiger partial charge >= 0.3 is 0 Å². The van der Waals surface area contributed by atoms with Gasteiger partial charge in [0, 0.05) is 13.1 Å². The van der Waals surface area contributed by atoms with E-state index in [1.54, 1.807) is 0 Å². The maximum atomic E-state index is 12.9. The Kier molecular flexibility index (Phi) is 5.30. The van der Waals surface area contributed by atoms with Gasteiger partial charge in [-0.2, -0.15) is 0 Å². The molecule has 2 fully saturated rings. The van der Waals surface area contributed by atoms with Gasteiger partial charge in [0.05, 0.1) is 25.9 Å². The van der Waals surface area contributed by atoms with Crippen molar-refractivity contribution in [3.05, 3.63) is 35.9 Å². The van der Waals surface area contributed by atoms with Crippen LogP contribution in [0.5, 0.6) is 0 Å². The van der Waals surface area contributed by atoms with Gasteiger partial charge in [-0.15, -0.1) is 0 Å². The second-order valence-corrected chi connectivity index (χ2v) is 6.53. The molecule has 126 valence electrons. The van der Waals surface area contributed by atoms with Crippen LogP contribution in [0.15, 0.2) is 30.3 Å². The lowest BCUT2D eigenvalue weighted by Crippen LogP contribution is -2.66. The first-order valence-electron chi connectivity index (χ1n) is 8.53. The van der Waals surface area contributed by atoms with Crippen LogP contribution in [0.2, 0.25) is 0 Å². The van der Waals surface area contributed by atoms with Gasteiger partial charge in [-0.3, -0.25) is 9.69 Å². The molecule has 1 aliphatic heterocycles. The zero-order valence-electron chi connectivity index (χ0n) is 13.5. The average molecular weight is 318 g/mol. The minimum absolute atomic E-state index is 0.0418. The molecule has 0 radical (unpaired) electrons. The summed E-state index contributed by atoms with van der Waals surface area (Å²) in [6, 6.07) is 9.74. The van der Waals surface area contributed by atoms with Crippen LogP contribution in [0.3, 0.4) is 0 Å². The molecule has 5 nitrogen and oxygen atoms in total. The summed E-state index contributed by atoms with van der Waals surface area (Å²) in [5, 5.41) is 12.7. The zero-order valence-corrected chi connectivity index (χ0v) is 13.5. The van der Waals surface area contributed by atoms with Crippen LogP contribution in [0.25, 0.3) is 0 Å². The highest BCUT2D eigenvalue weighted by Crippen LogP contribution is 2.38. The monoisotopic (exact) mass is 318 g/mol. The van der Waals surface area contributed by atoms with Crippen LogP contribution in [-0.4, -0.2) is 60.4 Å². The van der Waals surface area contributed by atoms with Crippen LogP contribution in [0.4, 0.5) is 0 Å². The van der Waals surface area contributed by atoms with E-state index in [-0.39, 0.29) is 24.1 Å². The molecule has 1 aliphatic carbocycles. The maximum absolute atomic E-state index is 12.9. The van der Waals surface area contributed by atoms with Crippen molar-refractivity contribution in [3.8, 4) is 0 Å². The quantitative estimate of drug-likeness (QED) is 0.820. The molecule has 1 saturated carbocycles. The first-order chi connectivity index (χ1) is 11.2. The largest absolute Gasteiger partial charge is 0.394 e. The number of benzene rings is 1. The van der Waals surface area contributed by atoms with Crippen molar-refractivity contribution in [3.63, 3.8) is 0 Å². The van der Waals surface area contributed by atoms with E-state index in [0.29, 0.717) is 19.6 Å². The first kappa shape index (κ1) is 16.4. The van der Waals surface area contributed by atoms with E-state index in [4.69, 9.17) is 4.74 Å². The Morgan fingerprint density at radius 2 is 1.96 bits per heavy atom. The third-order valence-electron chi connectivity index (χ3n) is 5.10. The van der Waals surface area contributed by atoms with Gasteiger partial charge in [-0.05, 0) is 31.2 Å². The van der Waals surface area contributed by atoms with Gasteiger partial charge in [0.2, 0.25) is 5.91 Å². The molecule has 1 saturated heterocycles. The SMILES string of the molecule is O=C(N[C@H](CO)Cc1ccccc1)C1(N2CCOCC2)CCC1. The van der Waals surface area contributed by atoms with Crippen LogP contribution < -0.4 is 5.32 Å². The molecular weight excluding hydrogens is 292 g/mol. The van der Waals surface area contributed by atoms with Crippen LogP contribution >= 0.6 is 0 Å². The number of aliphatic hydroxyl groups is 1. The molecule has 0 unspecified atom stereocenters. The summed E-state index contributed by atoms with van der Waals surface area (Å²) in [5.41, 5.74) is 0.745. The van der Waals surface area contributed by atoms with Crippen molar-refractivity contribution >= 4 is 5.91 Å². The number of amides is 1. The third-order valence-corrected chi connectivity index (χ3v) is 5.10. The third kappa shape index (κ3) is 3.57. The highest BCUT2D eigenvalue weighted by Gasteiger charge is 2.49. The number of nitrogens with zero attached hydrogens (tertiary/aromatic N) is 1. The summed E-state index contributed by atoms with van der Waals surface area (Å²) >= 11 is 0. The number of carbonyl (C=O) groups excluding carboxylic acids is 1. The normalized spacial score (nSPS) is 22.1. The summed E-state index contributed by atoms with van der Waals surface area (Å²) < 4.78 is 5.41. The lowest BCUT2D eigenvalue weighted by molar-refractivity contribution is -0.145. The Balaban J connectivity index is 1.63. The number of hydrogen-bond donors (Lipinski definition) is 2. The Bertz CT molecular complexity index is 510. The molecule has 23 heavy (non-hydrogen) atoms. The van der Waals surface area contributed by atoms with Crippen molar-refractivity contribution in [2.75, 3.05) is 32.9 Å². The number of hydrogen-bond acceptors (Lipinski definition) is 4. The average Bonchev–Trinajstić information content (AvgIpc) is 2.55. The molecule has 1 heterocycles. The number of aliphatic hydroxyl groups excluding tert-OH is 1. The Hall–Kier alpha value is -1.43. The minimum atomic E-state index is -0.381. The highest BCUT2D eigenvalue weighted by molar-refractivity contribution is 5.87. The summed E-state index contributed by atoms with van der Waals surface area (Å²) in [6.45, 7) is 2.98. The summed E-state index contributed by atoms with van der Waals surface area (Å²) in [5.74, 6) is 0.0700. The second-order valence-electron chi connectivity index (χ2n) is 6.53. The zero-order chi connectivity index (χ0) is 16.1. The van der Waals surface area contributed by atoms with Crippen molar-refractivity contribution in [1.29, 1.82) is 0 Å². The van der Waals surface area contributed by atoms with Crippen molar-refractivity contribution in [2.24, 2.45) is 0 Å². The first-order valence-corrected chi connectivity index (χ1v) is 8.53. The highest BCUT2D eigenvalue weighted by atomic mass is 16.5. The summed E-state index contributed by atoms with van der Waals surface area (Å²) in [4.78, 5) is 15.2. The molecule has 0 bridgehead atoms. The van der Waals surface area contributed by atoms with E-state index < -0.39 is 0 Å². The molecule has 1 amide bonds. The topological polar surface area (TPSA) is 61.8 Å². The van der Waals surface area contributed by atoms with E-state index in [9.17, 15) is 9.90 Å². The van der Waals surface area contributed by atoms with Gasteiger partial charge in [0.25, 0.3) is 0 Å². The van der Waals surface area contributed by atoms with E-state index in [1.807, 2.05) is 30.3 Å². The van der Waals surface area contributed by atoms with Crippen molar-refractivity contribution in [1.82, 2.24) is 10.2 Å². The van der Waals surface area contributed by atoms with E-state index in [2.05, 4.69) is 10.2 Å². The number of rotatable bonds is 6. The molecule has 2 N–H and O–H groups in total. The Labute approximate surface area is 137 Å². The standard InChI is InChI=1S/C18H26N2O3/c21-14-16(13-15-5-2-1-3-6-15)19-17(22)18(7-4-8-18)20-9-11-23-12-10-20/h1-3,5-6,16,21H,4,7-14H2,(H,19,22)/t16-/m0/s1. The molecule has 1 aromatic carbocycles. The Morgan fingerprint density at radius 1 is 1.26 bits per heavy atom. The number of nitrogens with one attached hydrogen (secondary N) is 1. The fourth-order valence-corrected chi connectivity index (χ4v) is 3.57. The minimum Gasteiger partial charge on any atom is -0.394 e. The fourth-order valence-electron chi connectivity index (χ4n) is 3.57. The lowest BCUT2D eigenvalue weighted by atomic mass is 9.74. The van der Waals surface area contributed by atoms with Crippen molar-refractivity contribution < 1.29 is 14.6 Å². The van der Waals surface area contributed by atoms with Crippen molar-refractivity contribution in [2.45, 2.75) is 37.3 Å². The van der Waals surface area contributed by atoms with Gasteiger partial charge in [0.15, 0.2) is 0 Å². The number of ether oxygens (including phenoxy) is 1. The summed E-state index contributed by atoms with van der Waals surface area (Å²) in [7, 11) is 0. The van der Waals surface area contributed by atoms with Gasteiger partial charge in [-0.1, -0.05) is 30.3 Å².